The van der Waals surface area contributed by atoms with Gasteiger partial charge in [0, 0.05) is 0 Å². The molecule has 0 fully saturated rings. The van der Waals surface area contributed by atoms with Gasteiger partial charge < -0.3 is 10.2 Å². The van der Waals surface area contributed by atoms with Crippen LogP contribution < -0.4 is 11.5 Å². The van der Waals surface area contributed by atoms with E-state index in [-0.39, 0.29) is 11.5 Å². The predicted molar refractivity (Wildman–Crippen MR) is 81.1 cm³/mol. The lowest BCUT2D eigenvalue weighted by Crippen LogP contribution is -2.46. The number of aromatic hydroxyl groups is 2. The summed E-state index contributed by atoms with van der Waals surface area (Å²) in [6.45, 7) is 0. The van der Waals surface area contributed by atoms with Gasteiger partial charge in [-0.3, -0.25) is 11.5 Å². The molecule has 0 aromatic heterocycles. The fourth-order valence-corrected chi connectivity index (χ4v) is 1.53. The number of para-hydroxylation sites is 2. The Balaban J connectivity index is 2.26. The van der Waals surface area contributed by atoms with Crippen molar-refractivity contribution in [3.05, 3.63) is 59.7 Å². The maximum absolute atomic E-state index is 9.60. The molecule has 104 valence electrons. The molecule has 0 aliphatic heterocycles. The average molecular weight is 278 g/mol. The van der Waals surface area contributed by atoms with Crippen LogP contribution in [0.25, 0.3) is 0 Å². The van der Waals surface area contributed by atoms with Crippen molar-refractivity contribution < 1.29 is 10.2 Å². The highest BCUT2D eigenvalue weighted by atomic mass is 16.3. The third kappa shape index (κ3) is 4.02. The highest BCUT2D eigenvalue weighted by Crippen LogP contribution is 2.14. The van der Waals surface area contributed by atoms with Gasteiger partial charge in [-0.2, -0.15) is 0 Å². The zero-order chi connectivity index (χ0) is 15.3. The molecule has 0 bridgehead atoms. The summed E-state index contributed by atoms with van der Waals surface area (Å²) in [5.74, 6) is 10.7. The van der Waals surface area contributed by atoms with Crippen molar-refractivity contribution in [2.45, 2.75) is 5.66 Å². The summed E-state index contributed by atoms with van der Waals surface area (Å²) in [6.07, 6.45) is 0. The molecular formula is C17H14N2O2. The molecule has 0 atom stereocenters. The van der Waals surface area contributed by atoms with Crippen LogP contribution in [-0.2, 0) is 0 Å². The first-order valence-corrected chi connectivity index (χ1v) is 6.18. The lowest BCUT2D eigenvalue weighted by Gasteiger charge is -2.08. The van der Waals surface area contributed by atoms with Gasteiger partial charge in [-0.1, -0.05) is 36.1 Å². The summed E-state index contributed by atoms with van der Waals surface area (Å²) < 4.78 is 0. The number of nitrogens with two attached hydrogens (primary N) is 2. The Hall–Kier alpha value is -2.92. The number of hydrogen-bond donors (Lipinski definition) is 4. The van der Waals surface area contributed by atoms with E-state index in [0.29, 0.717) is 11.1 Å². The van der Waals surface area contributed by atoms with E-state index in [1.54, 1.807) is 36.4 Å². The van der Waals surface area contributed by atoms with Crippen molar-refractivity contribution in [2.24, 2.45) is 11.5 Å². The first-order chi connectivity index (χ1) is 9.98. The maximum Gasteiger partial charge on any atom is 0.192 e. The zero-order valence-corrected chi connectivity index (χ0v) is 11.2. The smallest absolute Gasteiger partial charge is 0.192 e. The van der Waals surface area contributed by atoms with Gasteiger partial charge >= 0.3 is 0 Å². The average Bonchev–Trinajstić information content (AvgIpc) is 2.46. The van der Waals surface area contributed by atoms with Crippen molar-refractivity contribution in [1.29, 1.82) is 0 Å². The molecule has 0 saturated carbocycles. The fraction of sp³-hybridized carbons (Fsp3) is 0.0588. The lowest BCUT2D eigenvalue weighted by molar-refractivity contribution is 0.473. The van der Waals surface area contributed by atoms with Gasteiger partial charge in [-0.15, -0.1) is 0 Å². The monoisotopic (exact) mass is 278 g/mol. The molecular weight excluding hydrogens is 264 g/mol. The van der Waals surface area contributed by atoms with Crippen molar-refractivity contribution >= 4 is 0 Å². The van der Waals surface area contributed by atoms with Gasteiger partial charge in [-0.25, -0.2) is 0 Å². The van der Waals surface area contributed by atoms with Crippen molar-refractivity contribution in [3.8, 4) is 35.2 Å². The second-order valence-corrected chi connectivity index (χ2v) is 4.40. The largest absolute Gasteiger partial charge is 0.507 e. The molecule has 0 aliphatic carbocycles. The van der Waals surface area contributed by atoms with Crippen LogP contribution in [-0.4, -0.2) is 15.9 Å². The van der Waals surface area contributed by atoms with Gasteiger partial charge in [-0.05, 0) is 36.1 Å². The molecule has 0 amide bonds. The second-order valence-electron chi connectivity index (χ2n) is 4.40. The first-order valence-electron chi connectivity index (χ1n) is 6.18. The van der Waals surface area contributed by atoms with Crippen molar-refractivity contribution in [1.82, 2.24) is 0 Å². The number of benzene rings is 2. The molecule has 0 radical (unpaired) electrons. The van der Waals surface area contributed by atoms with Crippen LogP contribution in [0.1, 0.15) is 11.1 Å². The Bertz CT molecular complexity index is 709. The minimum absolute atomic E-state index is 0.0504. The number of hydrogen-bond acceptors (Lipinski definition) is 4. The SMILES string of the molecule is NC(N)(C#Cc1ccccc1O)C#Cc1ccccc1O. The van der Waals surface area contributed by atoms with E-state index in [1.165, 1.54) is 12.1 Å². The molecule has 0 saturated heterocycles. The molecule has 2 aromatic carbocycles. The molecule has 0 unspecified atom stereocenters. The Morgan fingerprint density at radius 2 is 1.10 bits per heavy atom. The van der Waals surface area contributed by atoms with Crippen LogP contribution in [0.2, 0.25) is 0 Å². The van der Waals surface area contributed by atoms with Crippen LogP contribution in [0.4, 0.5) is 0 Å². The topological polar surface area (TPSA) is 92.5 Å². The Morgan fingerprint density at radius 3 is 1.48 bits per heavy atom. The minimum Gasteiger partial charge on any atom is -0.507 e. The zero-order valence-electron chi connectivity index (χ0n) is 11.2. The highest BCUT2D eigenvalue weighted by Gasteiger charge is 2.11. The Labute approximate surface area is 123 Å². The number of phenolic OH excluding ortho intramolecular Hbond substituents is 2. The molecule has 4 heteroatoms. The summed E-state index contributed by atoms with van der Waals surface area (Å²) in [6, 6.07) is 13.2. The van der Waals surface area contributed by atoms with Crippen molar-refractivity contribution in [2.75, 3.05) is 0 Å². The maximum atomic E-state index is 9.60. The Morgan fingerprint density at radius 1 is 0.714 bits per heavy atom. The van der Waals surface area contributed by atoms with Gasteiger partial charge in [0.2, 0.25) is 0 Å². The van der Waals surface area contributed by atoms with E-state index in [9.17, 15) is 10.2 Å². The minimum atomic E-state index is -1.55. The third-order valence-electron chi connectivity index (χ3n) is 2.62. The van der Waals surface area contributed by atoms with Crippen molar-refractivity contribution in [3.63, 3.8) is 0 Å². The van der Waals surface area contributed by atoms with Gasteiger partial charge in [0.1, 0.15) is 11.5 Å². The summed E-state index contributed by atoms with van der Waals surface area (Å²) in [5.41, 5.74) is 10.8. The molecule has 0 heterocycles. The summed E-state index contributed by atoms with van der Waals surface area (Å²) >= 11 is 0. The fourth-order valence-electron chi connectivity index (χ4n) is 1.53. The van der Waals surface area contributed by atoms with E-state index >= 15 is 0 Å². The quantitative estimate of drug-likeness (QED) is 0.429. The lowest BCUT2D eigenvalue weighted by atomic mass is 10.1. The summed E-state index contributed by atoms with van der Waals surface area (Å²) in [5, 5.41) is 19.2. The number of rotatable bonds is 0. The predicted octanol–water partition coefficient (Wildman–Crippen LogP) is 1.11. The summed E-state index contributed by atoms with van der Waals surface area (Å²) in [4.78, 5) is 0. The second kappa shape index (κ2) is 6.02. The Kier molecular flexibility index (Phi) is 4.15. The van der Waals surface area contributed by atoms with Gasteiger partial charge in [0.05, 0.1) is 11.1 Å². The van der Waals surface area contributed by atoms with Gasteiger partial charge in [0.25, 0.3) is 0 Å². The third-order valence-corrected chi connectivity index (χ3v) is 2.62. The molecule has 0 spiro atoms. The summed E-state index contributed by atoms with van der Waals surface area (Å²) in [7, 11) is 0. The molecule has 6 N–H and O–H groups in total. The van der Waals surface area contributed by atoms with E-state index in [2.05, 4.69) is 23.7 Å². The van der Waals surface area contributed by atoms with Crippen LogP contribution in [0.3, 0.4) is 0 Å². The van der Waals surface area contributed by atoms with Gasteiger partial charge in [0.15, 0.2) is 5.66 Å². The van der Waals surface area contributed by atoms with Crippen LogP contribution in [0.5, 0.6) is 11.5 Å². The van der Waals surface area contributed by atoms with E-state index in [1.807, 2.05) is 0 Å². The normalized spacial score (nSPS) is 10.0. The molecule has 2 rings (SSSR count). The molecule has 0 aliphatic rings. The van der Waals surface area contributed by atoms with E-state index in [4.69, 9.17) is 11.5 Å². The number of phenols is 2. The van der Waals surface area contributed by atoms with Crippen LogP contribution >= 0.6 is 0 Å². The first kappa shape index (κ1) is 14.5. The standard InChI is InChI=1S/C17H14N2O2/c18-17(19,11-9-13-5-1-3-7-15(13)20)12-10-14-6-2-4-8-16(14)21/h1-8,20-21H,18-19H2. The van der Waals surface area contributed by atoms with Crippen LogP contribution in [0.15, 0.2) is 48.5 Å². The highest BCUT2D eigenvalue weighted by molar-refractivity contribution is 5.50. The molecule has 2 aromatic rings. The van der Waals surface area contributed by atoms with Crippen LogP contribution in [0, 0.1) is 23.7 Å². The molecule has 4 nitrogen and oxygen atoms in total. The van der Waals surface area contributed by atoms with E-state index < -0.39 is 5.66 Å². The van der Waals surface area contributed by atoms with E-state index in [0.717, 1.165) is 0 Å². The molecule has 21 heavy (non-hydrogen) atoms.